The molecule has 0 bridgehead atoms. The van der Waals surface area contributed by atoms with Crippen LogP contribution in [0.5, 0.6) is 0 Å². The molecule has 0 spiro atoms. The summed E-state index contributed by atoms with van der Waals surface area (Å²) in [5.74, 6) is 6.81. The second kappa shape index (κ2) is 4.01. The quantitative estimate of drug-likeness (QED) is 0.519. The first-order valence-electron chi connectivity index (χ1n) is 3.52. The van der Waals surface area contributed by atoms with Crippen molar-refractivity contribution < 1.29 is 9.53 Å². The van der Waals surface area contributed by atoms with Crippen LogP contribution in [0.3, 0.4) is 0 Å². The van der Waals surface area contributed by atoms with E-state index in [0.717, 1.165) is 5.25 Å². The van der Waals surface area contributed by atoms with E-state index >= 15 is 0 Å². The maximum absolute atomic E-state index is 10.7. The number of carbonyl (C=O) groups is 1. The Balaban J connectivity index is 3.46. The van der Waals surface area contributed by atoms with Gasteiger partial charge < -0.3 is 0 Å². The summed E-state index contributed by atoms with van der Waals surface area (Å²) >= 11 is -1.48. The normalized spacial score (nSPS) is 11.2. The molecule has 2 nitrogen and oxygen atoms in total. The molecule has 3 heteroatoms. The van der Waals surface area contributed by atoms with Crippen molar-refractivity contribution in [1.82, 2.24) is 0 Å². The summed E-state index contributed by atoms with van der Waals surface area (Å²) in [5, 5.41) is 1.08. The van der Waals surface area contributed by atoms with Crippen LogP contribution in [0.25, 0.3) is 0 Å². The Hall–Kier alpha value is 0.0129. The molecule has 0 fully saturated rings. The van der Waals surface area contributed by atoms with E-state index in [1.54, 1.807) is 0 Å². The fourth-order valence-electron chi connectivity index (χ4n) is 0.579. The molecule has 0 saturated carbocycles. The van der Waals surface area contributed by atoms with E-state index in [1.807, 2.05) is 0 Å². The Kier molecular flexibility index (Phi) is 4.02. The third-order valence-corrected chi connectivity index (χ3v) is 4.98. The molecule has 0 unspecified atom stereocenters. The molecule has 0 saturated heterocycles. The fourth-order valence-corrected chi connectivity index (χ4v) is 2.58. The summed E-state index contributed by atoms with van der Waals surface area (Å²) < 4.78 is 4.54. The SMILES string of the molecule is COC(=O)C[CH2][Ge]([CH3])([CH3])[CH3]. The Bertz CT molecular complexity index is 115. The van der Waals surface area contributed by atoms with Crippen LogP contribution in [0.1, 0.15) is 6.42 Å². The van der Waals surface area contributed by atoms with Crippen LogP contribution in [0.15, 0.2) is 0 Å². The molecule has 0 aliphatic rings. The molecule has 0 N–H and O–H groups in total. The molecule has 0 rings (SSSR count). The molecule has 0 heterocycles. The van der Waals surface area contributed by atoms with Gasteiger partial charge in [0.15, 0.2) is 0 Å². The van der Waals surface area contributed by atoms with Gasteiger partial charge in [-0.15, -0.1) is 0 Å². The topological polar surface area (TPSA) is 26.3 Å². The molecule has 0 aliphatic heterocycles. The van der Waals surface area contributed by atoms with Gasteiger partial charge in [0.2, 0.25) is 0 Å². The fraction of sp³-hybridized carbons (Fsp3) is 0.857. The zero-order valence-corrected chi connectivity index (χ0v) is 9.33. The predicted molar refractivity (Wildman–Crippen MR) is 44.8 cm³/mol. The molecule has 0 atom stereocenters. The van der Waals surface area contributed by atoms with Crippen LogP contribution in [-0.2, 0) is 9.53 Å². The van der Waals surface area contributed by atoms with Gasteiger partial charge >= 0.3 is 64.8 Å². The first kappa shape index (κ1) is 10.0. The molecule has 0 aliphatic carbocycles. The van der Waals surface area contributed by atoms with Gasteiger partial charge in [0, 0.05) is 0 Å². The number of hydrogen-bond donors (Lipinski definition) is 0. The van der Waals surface area contributed by atoms with Crippen molar-refractivity contribution in [3.05, 3.63) is 0 Å². The van der Waals surface area contributed by atoms with Crippen molar-refractivity contribution >= 4 is 19.2 Å². The van der Waals surface area contributed by atoms with Gasteiger partial charge in [0.1, 0.15) is 0 Å². The van der Waals surface area contributed by atoms with Crippen molar-refractivity contribution in [2.24, 2.45) is 0 Å². The van der Waals surface area contributed by atoms with Gasteiger partial charge in [-0.2, -0.15) is 0 Å². The van der Waals surface area contributed by atoms with Crippen molar-refractivity contribution in [1.29, 1.82) is 0 Å². The van der Waals surface area contributed by atoms with Crippen molar-refractivity contribution in [3.8, 4) is 0 Å². The number of esters is 1. The van der Waals surface area contributed by atoms with E-state index in [4.69, 9.17) is 0 Å². The Morgan fingerprint density at radius 1 is 1.40 bits per heavy atom. The first-order valence-corrected chi connectivity index (χ1v) is 11.3. The Morgan fingerprint density at radius 3 is 2.20 bits per heavy atom. The second-order valence-corrected chi connectivity index (χ2v) is 15.4. The molecule has 60 valence electrons. The Morgan fingerprint density at radius 2 is 1.90 bits per heavy atom. The average Bonchev–Trinajstić information content (AvgIpc) is 1.81. The number of carbonyl (C=O) groups excluding carboxylic acids is 1. The zero-order chi connectivity index (χ0) is 8.20. The molecule has 10 heavy (non-hydrogen) atoms. The van der Waals surface area contributed by atoms with Crippen molar-refractivity contribution in [2.45, 2.75) is 28.9 Å². The summed E-state index contributed by atoms with van der Waals surface area (Å²) in [6, 6.07) is 0. The predicted octanol–water partition coefficient (Wildman–Crippen LogP) is 1.89. The number of rotatable bonds is 3. The zero-order valence-electron chi connectivity index (χ0n) is 7.23. The van der Waals surface area contributed by atoms with Crippen LogP contribution in [0.4, 0.5) is 0 Å². The van der Waals surface area contributed by atoms with Crippen LogP contribution in [0, 0.1) is 0 Å². The van der Waals surface area contributed by atoms with Gasteiger partial charge in [0.25, 0.3) is 0 Å². The van der Waals surface area contributed by atoms with E-state index < -0.39 is 13.3 Å². The summed E-state index contributed by atoms with van der Waals surface area (Å²) in [7, 11) is 1.44. The van der Waals surface area contributed by atoms with Crippen LogP contribution in [-0.4, -0.2) is 26.3 Å². The van der Waals surface area contributed by atoms with Crippen molar-refractivity contribution in [3.63, 3.8) is 0 Å². The first-order chi connectivity index (χ1) is 4.45. The van der Waals surface area contributed by atoms with Gasteiger partial charge in [-0.25, -0.2) is 0 Å². The number of ether oxygens (including phenoxy) is 1. The Labute approximate surface area is 65.3 Å². The third-order valence-electron chi connectivity index (χ3n) is 1.31. The molecule has 0 aromatic heterocycles. The van der Waals surface area contributed by atoms with Crippen LogP contribution >= 0.6 is 0 Å². The molecule has 0 amide bonds. The number of hydrogen-bond acceptors (Lipinski definition) is 2. The molecule has 0 aromatic rings. The summed E-state index contributed by atoms with van der Waals surface area (Å²) in [6.07, 6.45) is 0.611. The van der Waals surface area contributed by atoms with E-state index in [-0.39, 0.29) is 5.97 Å². The standard InChI is InChI=1S/C7H16GeO2/c1-8(2,3)6-5-7(9)10-4/h5-6H2,1-4H3. The summed E-state index contributed by atoms with van der Waals surface area (Å²) in [6.45, 7) is 0. The van der Waals surface area contributed by atoms with Gasteiger partial charge in [-0.05, 0) is 0 Å². The number of methoxy groups -OCH3 is 1. The molecular formula is C7H16GeO2. The summed E-state index contributed by atoms with van der Waals surface area (Å²) in [4.78, 5) is 10.7. The monoisotopic (exact) mass is 206 g/mol. The summed E-state index contributed by atoms with van der Waals surface area (Å²) in [5.41, 5.74) is 0. The van der Waals surface area contributed by atoms with Gasteiger partial charge in [-0.3, -0.25) is 0 Å². The van der Waals surface area contributed by atoms with Gasteiger partial charge in [-0.1, -0.05) is 0 Å². The van der Waals surface area contributed by atoms with Crippen LogP contribution in [0.2, 0.25) is 22.5 Å². The molecular weight excluding hydrogens is 189 g/mol. The van der Waals surface area contributed by atoms with Crippen LogP contribution < -0.4 is 0 Å². The van der Waals surface area contributed by atoms with E-state index in [0.29, 0.717) is 6.42 Å². The minimum absolute atomic E-state index is 0.0689. The van der Waals surface area contributed by atoms with Gasteiger partial charge in [0.05, 0.1) is 0 Å². The van der Waals surface area contributed by atoms with E-state index in [9.17, 15) is 4.79 Å². The molecule has 0 radical (unpaired) electrons. The third kappa shape index (κ3) is 6.14. The second-order valence-electron chi connectivity index (χ2n) is 3.64. The van der Waals surface area contributed by atoms with E-state index in [2.05, 4.69) is 22.0 Å². The maximum atomic E-state index is 10.7. The van der Waals surface area contributed by atoms with E-state index in [1.165, 1.54) is 7.11 Å². The average molecular weight is 205 g/mol. The minimum atomic E-state index is -1.48. The van der Waals surface area contributed by atoms with Crippen molar-refractivity contribution in [2.75, 3.05) is 7.11 Å². The molecule has 0 aromatic carbocycles.